The average Bonchev–Trinajstić information content (AvgIpc) is 2.20. The maximum absolute atomic E-state index is 11.0. The van der Waals surface area contributed by atoms with Gasteiger partial charge in [0, 0.05) is 0 Å². The molecule has 0 radical (unpaired) electrons. The predicted molar refractivity (Wildman–Crippen MR) is 42.8 cm³/mol. The Bertz CT molecular complexity index is 212. The van der Waals surface area contributed by atoms with Crippen LogP contribution in [0.3, 0.4) is 0 Å². The Morgan fingerprint density at radius 2 is 1.38 bits per heavy atom. The van der Waals surface area contributed by atoms with Gasteiger partial charge in [0.05, 0.1) is 0 Å². The van der Waals surface area contributed by atoms with Gasteiger partial charge in [-0.2, -0.15) is 0 Å². The lowest BCUT2D eigenvalue weighted by Crippen LogP contribution is -2.34. The van der Waals surface area contributed by atoms with Crippen LogP contribution >= 0.6 is 0 Å². The number of rotatable bonds is 0. The van der Waals surface area contributed by atoms with Crippen molar-refractivity contribution in [2.75, 3.05) is 0 Å². The largest absolute Gasteiger partial charge is 0.458 e. The van der Waals surface area contributed by atoms with Gasteiger partial charge < -0.3 is 9.47 Å². The molecule has 2 fully saturated rings. The summed E-state index contributed by atoms with van der Waals surface area (Å²) >= 11 is 0. The Labute approximate surface area is 76.2 Å². The number of carbonyl (C=O) groups excluding carboxylic acids is 2. The third kappa shape index (κ3) is 1.82. The summed E-state index contributed by atoms with van der Waals surface area (Å²) in [5, 5.41) is 0. The number of fused-ring (bicyclic) bond motifs is 1. The first-order chi connectivity index (χ1) is 6.25. The number of hydrogen-bond donors (Lipinski definition) is 0. The van der Waals surface area contributed by atoms with E-state index in [1.807, 2.05) is 0 Å². The Balaban J connectivity index is 2.09. The van der Waals surface area contributed by atoms with E-state index < -0.39 is 11.9 Å². The van der Waals surface area contributed by atoms with E-state index in [0.29, 0.717) is 0 Å². The van der Waals surface area contributed by atoms with E-state index in [4.69, 9.17) is 9.47 Å². The molecule has 4 heteroatoms. The van der Waals surface area contributed by atoms with Crippen LogP contribution in [0.1, 0.15) is 32.1 Å². The zero-order valence-electron chi connectivity index (χ0n) is 7.32. The van der Waals surface area contributed by atoms with E-state index in [1.165, 1.54) is 0 Å². The minimum Gasteiger partial charge on any atom is -0.458 e. The maximum Gasteiger partial charge on any atom is 0.317 e. The molecular formula is C9H12O4. The molecule has 0 amide bonds. The molecule has 1 heterocycles. The second-order valence-electron chi connectivity index (χ2n) is 3.52. The molecule has 2 unspecified atom stereocenters. The Kier molecular flexibility index (Phi) is 2.20. The molecule has 0 aromatic heterocycles. The molecule has 1 aliphatic heterocycles. The molecule has 0 N–H and O–H groups in total. The second-order valence-corrected chi connectivity index (χ2v) is 3.52. The number of ether oxygens (including phenoxy) is 2. The van der Waals surface area contributed by atoms with E-state index >= 15 is 0 Å². The van der Waals surface area contributed by atoms with E-state index in [-0.39, 0.29) is 18.6 Å². The minimum atomic E-state index is -0.445. The fraction of sp³-hybridized carbons (Fsp3) is 0.778. The molecule has 2 rings (SSSR count). The quantitative estimate of drug-likeness (QED) is 0.412. The molecule has 0 aromatic rings. The van der Waals surface area contributed by atoms with Crippen LogP contribution in [-0.4, -0.2) is 24.1 Å². The normalized spacial score (nSPS) is 34.2. The van der Waals surface area contributed by atoms with Crippen molar-refractivity contribution >= 4 is 11.9 Å². The summed E-state index contributed by atoms with van der Waals surface area (Å²) in [6.45, 7) is 0. The van der Waals surface area contributed by atoms with Crippen LogP contribution in [0, 0.1) is 0 Å². The van der Waals surface area contributed by atoms with Crippen LogP contribution < -0.4 is 0 Å². The SMILES string of the molecule is O=C1CC(=O)OC2CCCCC2O1. The molecule has 4 nitrogen and oxygen atoms in total. The van der Waals surface area contributed by atoms with Crippen LogP contribution in [0.2, 0.25) is 0 Å². The van der Waals surface area contributed by atoms with Gasteiger partial charge in [0.15, 0.2) is 0 Å². The highest BCUT2D eigenvalue weighted by atomic mass is 16.6. The van der Waals surface area contributed by atoms with Gasteiger partial charge in [0.25, 0.3) is 0 Å². The van der Waals surface area contributed by atoms with Crippen molar-refractivity contribution in [3.63, 3.8) is 0 Å². The number of carbonyl (C=O) groups is 2. The van der Waals surface area contributed by atoms with Gasteiger partial charge >= 0.3 is 11.9 Å². The van der Waals surface area contributed by atoms with E-state index in [0.717, 1.165) is 25.7 Å². The summed E-state index contributed by atoms with van der Waals surface area (Å²) < 4.78 is 10.2. The first-order valence-electron chi connectivity index (χ1n) is 4.64. The van der Waals surface area contributed by atoms with Crippen molar-refractivity contribution < 1.29 is 19.1 Å². The topological polar surface area (TPSA) is 52.6 Å². The van der Waals surface area contributed by atoms with Crippen molar-refractivity contribution in [1.82, 2.24) is 0 Å². The third-order valence-electron chi connectivity index (χ3n) is 2.50. The third-order valence-corrected chi connectivity index (χ3v) is 2.50. The van der Waals surface area contributed by atoms with Gasteiger partial charge in [-0.25, -0.2) is 0 Å². The van der Waals surface area contributed by atoms with Gasteiger partial charge in [-0.1, -0.05) is 0 Å². The Morgan fingerprint density at radius 1 is 0.923 bits per heavy atom. The lowest BCUT2D eigenvalue weighted by atomic mass is 9.95. The molecule has 72 valence electrons. The molecule has 0 aromatic carbocycles. The van der Waals surface area contributed by atoms with Crippen molar-refractivity contribution in [2.45, 2.75) is 44.3 Å². The molecule has 0 spiro atoms. The highest BCUT2D eigenvalue weighted by Gasteiger charge is 2.35. The first-order valence-corrected chi connectivity index (χ1v) is 4.64. The summed E-state index contributed by atoms with van der Waals surface area (Å²) in [6.07, 6.45) is 3.14. The van der Waals surface area contributed by atoms with Crippen LogP contribution in [0.15, 0.2) is 0 Å². The van der Waals surface area contributed by atoms with Gasteiger partial charge in [-0.3, -0.25) is 9.59 Å². The predicted octanol–water partition coefficient (Wildman–Crippen LogP) is 0.788. The molecule has 1 saturated heterocycles. The first kappa shape index (κ1) is 8.53. The zero-order valence-corrected chi connectivity index (χ0v) is 7.32. The summed E-state index contributed by atoms with van der Waals surface area (Å²) in [4.78, 5) is 22.1. The van der Waals surface area contributed by atoms with Crippen LogP contribution in [0.25, 0.3) is 0 Å². The number of esters is 2. The van der Waals surface area contributed by atoms with Gasteiger partial charge in [0.1, 0.15) is 18.6 Å². The van der Waals surface area contributed by atoms with E-state index in [2.05, 4.69) is 0 Å². The molecule has 0 bridgehead atoms. The van der Waals surface area contributed by atoms with Crippen molar-refractivity contribution in [1.29, 1.82) is 0 Å². The van der Waals surface area contributed by atoms with Gasteiger partial charge in [0.2, 0.25) is 0 Å². The molecule has 1 saturated carbocycles. The van der Waals surface area contributed by atoms with Crippen molar-refractivity contribution in [3.05, 3.63) is 0 Å². The second kappa shape index (κ2) is 3.36. The van der Waals surface area contributed by atoms with E-state index in [1.54, 1.807) is 0 Å². The van der Waals surface area contributed by atoms with E-state index in [9.17, 15) is 9.59 Å². The average molecular weight is 184 g/mol. The Morgan fingerprint density at radius 3 is 1.85 bits per heavy atom. The Hall–Kier alpha value is -1.06. The highest BCUT2D eigenvalue weighted by molar-refractivity contribution is 5.91. The zero-order chi connectivity index (χ0) is 9.26. The maximum atomic E-state index is 11.0. The van der Waals surface area contributed by atoms with Crippen molar-refractivity contribution in [2.24, 2.45) is 0 Å². The molecule has 2 aliphatic rings. The molecule has 13 heavy (non-hydrogen) atoms. The van der Waals surface area contributed by atoms with Crippen LogP contribution in [0.4, 0.5) is 0 Å². The highest BCUT2D eigenvalue weighted by Crippen LogP contribution is 2.26. The summed E-state index contributed by atoms with van der Waals surface area (Å²) in [7, 11) is 0. The standard InChI is InChI=1S/C9H12O4/c10-8-5-9(11)13-7-4-2-1-3-6(7)12-8/h6-7H,1-5H2. The number of hydrogen-bond acceptors (Lipinski definition) is 4. The van der Waals surface area contributed by atoms with Crippen LogP contribution in [-0.2, 0) is 19.1 Å². The minimum absolute atomic E-state index is 0.187. The summed E-state index contributed by atoms with van der Waals surface area (Å²) in [6, 6.07) is 0. The van der Waals surface area contributed by atoms with Gasteiger partial charge in [-0.05, 0) is 25.7 Å². The molecule has 2 atom stereocenters. The summed E-state index contributed by atoms with van der Waals surface area (Å²) in [5.41, 5.74) is 0. The lowest BCUT2D eigenvalue weighted by Gasteiger charge is -2.27. The monoisotopic (exact) mass is 184 g/mol. The fourth-order valence-corrected chi connectivity index (χ4v) is 1.87. The summed E-state index contributed by atoms with van der Waals surface area (Å²) in [5.74, 6) is -0.890. The smallest absolute Gasteiger partial charge is 0.317 e. The van der Waals surface area contributed by atoms with Crippen molar-refractivity contribution in [3.8, 4) is 0 Å². The lowest BCUT2D eigenvalue weighted by molar-refractivity contribution is -0.154. The molecule has 1 aliphatic carbocycles. The molecular weight excluding hydrogens is 172 g/mol. The van der Waals surface area contributed by atoms with Crippen LogP contribution in [0.5, 0.6) is 0 Å². The van der Waals surface area contributed by atoms with Gasteiger partial charge in [-0.15, -0.1) is 0 Å². The fourth-order valence-electron chi connectivity index (χ4n) is 1.87.